The molecule has 3 rings (SSSR count). The Hall–Kier alpha value is -1.66. The third kappa shape index (κ3) is 4.18. The highest BCUT2D eigenvalue weighted by Gasteiger charge is 2.15. The van der Waals surface area contributed by atoms with E-state index in [1.807, 2.05) is 12.1 Å². The number of fused-ring (bicyclic) bond motifs is 1. The molecule has 2 aromatic rings. The summed E-state index contributed by atoms with van der Waals surface area (Å²) >= 11 is 5.48. The van der Waals surface area contributed by atoms with Crippen molar-refractivity contribution in [3.8, 4) is 0 Å². The highest BCUT2D eigenvalue weighted by Crippen LogP contribution is 2.21. The Morgan fingerprint density at radius 2 is 2.04 bits per heavy atom. The Bertz CT molecular complexity index is 852. The first-order chi connectivity index (χ1) is 12.6. The van der Waals surface area contributed by atoms with Crippen LogP contribution in [-0.4, -0.2) is 35.9 Å². The summed E-state index contributed by atoms with van der Waals surface area (Å²) in [6.45, 7) is 8.27. The number of aromatic nitrogens is 2. The SMILES string of the molecule is CCCCC(CC)Cn1c(=S)[nH]c2ccc(N3CCOCC3)cc2c1=O. The van der Waals surface area contributed by atoms with E-state index in [2.05, 4.69) is 29.8 Å². The van der Waals surface area contributed by atoms with E-state index in [1.165, 1.54) is 12.8 Å². The number of benzene rings is 1. The molecule has 142 valence electrons. The van der Waals surface area contributed by atoms with Crippen molar-refractivity contribution in [1.29, 1.82) is 0 Å². The lowest BCUT2D eigenvalue weighted by Gasteiger charge is -2.29. The summed E-state index contributed by atoms with van der Waals surface area (Å²) in [4.78, 5) is 18.7. The number of H-pyrrole nitrogens is 1. The molecule has 0 saturated carbocycles. The van der Waals surface area contributed by atoms with E-state index < -0.39 is 0 Å². The van der Waals surface area contributed by atoms with Gasteiger partial charge in [-0.15, -0.1) is 0 Å². The van der Waals surface area contributed by atoms with Crippen LogP contribution in [0.3, 0.4) is 0 Å². The van der Waals surface area contributed by atoms with Gasteiger partial charge in [-0.05, 0) is 42.8 Å². The number of morpholine rings is 1. The van der Waals surface area contributed by atoms with Crippen molar-refractivity contribution in [2.24, 2.45) is 5.92 Å². The molecule has 1 aromatic heterocycles. The monoisotopic (exact) mass is 375 g/mol. The van der Waals surface area contributed by atoms with E-state index in [0.29, 0.717) is 22.6 Å². The van der Waals surface area contributed by atoms with Crippen LogP contribution in [-0.2, 0) is 11.3 Å². The molecule has 0 aliphatic carbocycles. The fourth-order valence-corrected chi connectivity index (χ4v) is 3.87. The van der Waals surface area contributed by atoms with Gasteiger partial charge in [0.25, 0.3) is 5.56 Å². The number of rotatable bonds is 7. The molecule has 2 heterocycles. The first-order valence-electron chi connectivity index (χ1n) is 9.73. The summed E-state index contributed by atoms with van der Waals surface area (Å²) < 4.78 is 7.71. The van der Waals surface area contributed by atoms with Gasteiger partial charge in [0.05, 0.1) is 24.1 Å². The van der Waals surface area contributed by atoms with Crippen molar-refractivity contribution in [3.63, 3.8) is 0 Å². The lowest BCUT2D eigenvalue weighted by atomic mass is 9.99. The number of anilines is 1. The van der Waals surface area contributed by atoms with Crippen LogP contribution in [0.4, 0.5) is 5.69 Å². The number of aromatic amines is 1. The number of unbranched alkanes of at least 4 members (excludes halogenated alkanes) is 1. The van der Waals surface area contributed by atoms with Crippen LogP contribution in [0.1, 0.15) is 39.5 Å². The topological polar surface area (TPSA) is 50.3 Å². The Labute approximate surface area is 160 Å². The fraction of sp³-hybridized carbons (Fsp3) is 0.600. The highest BCUT2D eigenvalue weighted by molar-refractivity contribution is 7.71. The first kappa shape index (κ1) is 19.1. The normalized spacial score (nSPS) is 16.2. The average molecular weight is 376 g/mol. The van der Waals surface area contributed by atoms with E-state index in [-0.39, 0.29) is 5.56 Å². The zero-order valence-electron chi connectivity index (χ0n) is 15.8. The van der Waals surface area contributed by atoms with Crippen LogP contribution in [0.15, 0.2) is 23.0 Å². The van der Waals surface area contributed by atoms with Gasteiger partial charge in [0.1, 0.15) is 0 Å². The standard InChI is InChI=1S/C20H29N3O2S/c1-3-5-6-15(4-2)14-23-19(24)17-13-16(22-9-11-25-12-10-22)7-8-18(17)21-20(23)26/h7-8,13,15H,3-6,9-12,14H2,1-2H3,(H,21,26). The largest absolute Gasteiger partial charge is 0.378 e. The smallest absolute Gasteiger partial charge is 0.262 e. The third-order valence-corrected chi connectivity index (χ3v) is 5.65. The molecule has 1 fully saturated rings. The molecular weight excluding hydrogens is 346 g/mol. The van der Waals surface area contributed by atoms with Gasteiger partial charge in [-0.2, -0.15) is 0 Å². The molecule has 26 heavy (non-hydrogen) atoms. The molecule has 1 N–H and O–H groups in total. The summed E-state index contributed by atoms with van der Waals surface area (Å²) in [5.74, 6) is 0.489. The summed E-state index contributed by atoms with van der Waals surface area (Å²) in [6, 6.07) is 6.02. The molecule has 0 bridgehead atoms. The summed E-state index contributed by atoms with van der Waals surface area (Å²) in [7, 11) is 0. The van der Waals surface area contributed by atoms with E-state index in [0.717, 1.165) is 50.3 Å². The maximum Gasteiger partial charge on any atom is 0.262 e. The number of hydrogen-bond acceptors (Lipinski definition) is 4. The highest BCUT2D eigenvalue weighted by atomic mass is 32.1. The Morgan fingerprint density at radius 1 is 1.27 bits per heavy atom. The van der Waals surface area contributed by atoms with Crippen LogP contribution in [0.2, 0.25) is 0 Å². The molecule has 1 atom stereocenters. The molecule has 1 aliphatic heterocycles. The number of nitrogens with zero attached hydrogens (tertiary/aromatic N) is 2. The number of hydrogen-bond donors (Lipinski definition) is 1. The summed E-state index contributed by atoms with van der Waals surface area (Å²) in [6.07, 6.45) is 4.57. The second-order valence-corrected chi connectivity index (χ2v) is 7.48. The fourth-order valence-electron chi connectivity index (χ4n) is 3.60. The molecule has 1 saturated heterocycles. The quantitative estimate of drug-likeness (QED) is 0.740. The zero-order valence-corrected chi connectivity index (χ0v) is 16.6. The first-order valence-corrected chi connectivity index (χ1v) is 10.1. The maximum absolute atomic E-state index is 13.1. The predicted molar refractivity (Wildman–Crippen MR) is 110 cm³/mol. The van der Waals surface area contributed by atoms with Crippen molar-refractivity contribution < 1.29 is 4.74 Å². The summed E-state index contributed by atoms with van der Waals surface area (Å²) in [5.41, 5.74) is 1.91. The van der Waals surface area contributed by atoms with Crippen LogP contribution in [0.5, 0.6) is 0 Å². The van der Waals surface area contributed by atoms with Gasteiger partial charge in [0.2, 0.25) is 0 Å². The van der Waals surface area contributed by atoms with Crippen molar-refractivity contribution in [1.82, 2.24) is 9.55 Å². The van der Waals surface area contributed by atoms with Gasteiger partial charge in [-0.1, -0.05) is 33.1 Å². The van der Waals surface area contributed by atoms with Crippen molar-refractivity contribution >= 4 is 28.8 Å². The molecule has 5 nitrogen and oxygen atoms in total. The predicted octanol–water partition coefficient (Wildman–Crippen LogP) is 4.11. The van der Waals surface area contributed by atoms with E-state index in [4.69, 9.17) is 17.0 Å². The van der Waals surface area contributed by atoms with Crippen molar-refractivity contribution in [2.75, 3.05) is 31.2 Å². The minimum atomic E-state index is 0.0220. The number of ether oxygens (including phenoxy) is 1. The Morgan fingerprint density at radius 3 is 2.73 bits per heavy atom. The van der Waals surface area contributed by atoms with Crippen molar-refractivity contribution in [3.05, 3.63) is 33.3 Å². The van der Waals surface area contributed by atoms with Gasteiger partial charge in [0, 0.05) is 25.3 Å². The lowest BCUT2D eigenvalue weighted by Crippen LogP contribution is -2.36. The lowest BCUT2D eigenvalue weighted by molar-refractivity contribution is 0.122. The van der Waals surface area contributed by atoms with Gasteiger partial charge in [-0.25, -0.2) is 0 Å². The third-order valence-electron chi connectivity index (χ3n) is 5.33. The Balaban J connectivity index is 1.96. The van der Waals surface area contributed by atoms with E-state index in [9.17, 15) is 4.79 Å². The van der Waals surface area contributed by atoms with Gasteiger partial charge >= 0.3 is 0 Å². The molecule has 0 amide bonds. The van der Waals surface area contributed by atoms with Crippen molar-refractivity contribution in [2.45, 2.75) is 46.1 Å². The van der Waals surface area contributed by atoms with Gasteiger partial charge in [-0.3, -0.25) is 9.36 Å². The molecular formula is C20H29N3O2S. The molecule has 1 unspecified atom stereocenters. The summed E-state index contributed by atoms with van der Waals surface area (Å²) in [5, 5.41) is 0.716. The Kier molecular flexibility index (Phi) is 6.48. The maximum atomic E-state index is 13.1. The molecule has 1 aliphatic rings. The molecule has 6 heteroatoms. The van der Waals surface area contributed by atoms with E-state index in [1.54, 1.807) is 4.57 Å². The molecule has 0 radical (unpaired) electrons. The average Bonchev–Trinajstić information content (AvgIpc) is 2.68. The second-order valence-electron chi connectivity index (χ2n) is 7.09. The van der Waals surface area contributed by atoms with Crippen LogP contribution in [0, 0.1) is 10.7 Å². The van der Waals surface area contributed by atoms with Crippen LogP contribution in [0.25, 0.3) is 10.9 Å². The number of nitrogens with one attached hydrogen (secondary N) is 1. The minimum absolute atomic E-state index is 0.0220. The minimum Gasteiger partial charge on any atom is -0.378 e. The second kappa shape index (κ2) is 8.82. The van der Waals surface area contributed by atoms with E-state index >= 15 is 0 Å². The zero-order chi connectivity index (χ0) is 18.5. The van der Waals surface area contributed by atoms with Gasteiger partial charge < -0.3 is 14.6 Å². The molecule has 1 aromatic carbocycles. The molecule has 0 spiro atoms. The van der Waals surface area contributed by atoms with Crippen LogP contribution >= 0.6 is 12.2 Å². The van der Waals surface area contributed by atoms with Gasteiger partial charge in [0.15, 0.2) is 4.77 Å². The van der Waals surface area contributed by atoms with Crippen LogP contribution < -0.4 is 10.5 Å².